The number of ether oxygens (including phenoxy) is 1. The number of carbonyl (C=O) groups is 1. The summed E-state index contributed by atoms with van der Waals surface area (Å²) in [6.45, 7) is 0. The van der Waals surface area contributed by atoms with Crippen molar-refractivity contribution in [1.29, 1.82) is 0 Å². The number of amides is 1. The molecule has 1 heterocycles. The number of nitrogens with one attached hydrogen (secondary N) is 1. The molecule has 1 aromatic rings. The summed E-state index contributed by atoms with van der Waals surface area (Å²) < 4.78 is 5.01. The fourth-order valence-electron chi connectivity index (χ4n) is 2.59. The lowest BCUT2D eigenvalue weighted by Gasteiger charge is -2.32. The Hall–Kier alpha value is -1.16. The van der Waals surface area contributed by atoms with Crippen LogP contribution in [-0.4, -0.2) is 17.8 Å². The van der Waals surface area contributed by atoms with E-state index in [1.807, 2.05) is 18.2 Å². The first kappa shape index (κ1) is 11.0. The standard InChI is InChI=1S/C13H15NO2S/c1-16-9-4-5-10-11(8-9)17-13(12(15)14-10)6-2-3-7-13/h4-5,8H,2-3,6-7H2,1H3,(H,14,15). The maximum absolute atomic E-state index is 12.2. The van der Waals surface area contributed by atoms with Crippen molar-refractivity contribution in [3.05, 3.63) is 18.2 Å². The number of hydrogen-bond acceptors (Lipinski definition) is 3. The molecule has 3 rings (SSSR count). The molecular weight excluding hydrogens is 234 g/mol. The molecule has 1 amide bonds. The van der Waals surface area contributed by atoms with E-state index in [0.717, 1.165) is 42.0 Å². The van der Waals surface area contributed by atoms with Crippen LogP contribution in [0.2, 0.25) is 0 Å². The van der Waals surface area contributed by atoms with Gasteiger partial charge in [-0.2, -0.15) is 0 Å². The van der Waals surface area contributed by atoms with Gasteiger partial charge in [0, 0.05) is 4.90 Å². The number of methoxy groups -OCH3 is 1. The minimum Gasteiger partial charge on any atom is -0.497 e. The third-order valence-corrected chi connectivity index (χ3v) is 5.11. The summed E-state index contributed by atoms with van der Waals surface area (Å²) in [5.74, 6) is 1.03. The lowest BCUT2D eigenvalue weighted by atomic mass is 10.1. The Morgan fingerprint density at radius 2 is 2.12 bits per heavy atom. The minimum absolute atomic E-state index is 0.178. The third-order valence-electron chi connectivity index (χ3n) is 3.57. The summed E-state index contributed by atoms with van der Waals surface area (Å²) in [5.41, 5.74) is 0.915. The van der Waals surface area contributed by atoms with Crippen LogP contribution in [0.3, 0.4) is 0 Å². The zero-order valence-electron chi connectivity index (χ0n) is 9.79. The molecule has 1 spiro atoms. The predicted molar refractivity (Wildman–Crippen MR) is 68.7 cm³/mol. The van der Waals surface area contributed by atoms with Crippen LogP contribution in [0.5, 0.6) is 5.75 Å². The van der Waals surface area contributed by atoms with Gasteiger partial charge in [-0.3, -0.25) is 4.79 Å². The number of anilines is 1. The molecule has 3 nitrogen and oxygen atoms in total. The fraction of sp³-hybridized carbons (Fsp3) is 0.462. The summed E-state index contributed by atoms with van der Waals surface area (Å²) in [5, 5.41) is 3.03. The van der Waals surface area contributed by atoms with Crippen LogP contribution >= 0.6 is 11.8 Å². The van der Waals surface area contributed by atoms with Crippen molar-refractivity contribution in [2.75, 3.05) is 12.4 Å². The first-order chi connectivity index (χ1) is 8.23. The zero-order valence-corrected chi connectivity index (χ0v) is 10.6. The van der Waals surface area contributed by atoms with Crippen LogP contribution in [0.25, 0.3) is 0 Å². The quantitative estimate of drug-likeness (QED) is 0.831. The Morgan fingerprint density at radius 1 is 1.35 bits per heavy atom. The van der Waals surface area contributed by atoms with Gasteiger partial charge >= 0.3 is 0 Å². The Bertz CT molecular complexity index is 466. The van der Waals surface area contributed by atoms with Gasteiger partial charge in [0.2, 0.25) is 5.91 Å². The largest absolute Gasteiger partial charge is 0.497 e. The molecule has 1 saturated carbocycles. The second kappa shape index (κ2) is 3.95. The third kappa shape index (κ3) is 1.71. The number of thioether (sulfide) groups is 1. The molecule has 0 unspecified atom stereocenters. The van der Waals surface area contributed by atoms with Crippen molar-refractivity contribution in [3.8, 4) is 5.75 Å². The molecule has 0 atom stereocenters. The van der Waals surface area contributed by atoms with Gasteiger partial charge in [-0.1, -0.05) is 12.8 Å². The fourth-order valence-corrected chi connectivity index (χ4v) is 4.05. The molecule has 2 aliphatic rings. The number of fused-ring (bicyclic) bond motifs is 1. The topological polar surface area (TPSA) is 38.3 Å². The maximum Gasteiger partial charge on any atom is 0.241 e. The first-order valence-corrected chi connectivity index (χ1v) is 6.74. The van der Waals surface area contributed by atoms with Crippen molar-refractivity contribution in [1.82, 2.24) is 0 Å². The normalized spacial score (nSPS) is 21.1. The molecular formula is C13H15NO2S. The molecule has 1 N–H and O–H groups in total. The van der Waals surface area contributed by atoms with E-state index in [4.69, 9.17) is 4.74 Å². The summed E-state index contributed by atoms with van der Waals surface area (Å²) >= 11 is 1.71. The Kier molecular flexibility index (Phi) is 2.54. The number of hydrogen-bond donors (Lipinski definition) is 1. The number of benzene rings is 1. The Labute approximate surface area is 105 Å². The highest BCUT2D eigenvalue weighted by Crippen LogP contribution is 2.51. The highest BCUT2D eigenvalue weighted by molar-refractivity contribution is 8.01. The molecule has 0 radical (unpaired) electrons. The lowest BCUT2D eigenvalue weighted by molar-refractivity contribution is -0.118. The average Bonchev–Trinajstić information content (AvgIpc) is 2.80. The van der Waals surface area contributed by atoms with Gasteiger partial charge in [-0.05, 0) is 31.0 Å². The smallest absolute Gasteiger partial charge is 0.241 e. The molecule has 90 valence electrons. The summed E-state index contributed by atoms with van der Waals surface area (Å²) in [6, 6.07) is 5.81. The van der Waals surface area contributed by atoms with Crippen LogP contribution in [0.15, 0.2) is 23.1 Å². The molecule has 0 bridgehead atoms. The van der Waals surface area contributed by atoms with Crippen molar-refractivity contribution >= 4 is 23.4 Å². The highest BCUT2D eigenvalue weighted by atomic mass is 32.2. The molecule has 1 fully saturated rings. The summed E-state index contributed by atoms with van der Waals surface area (Å²) in [6.07, 6.45) is 4.28. The Balaban J connectivity index is 1.99. The second-order valence-electron chi connectivity index (χ2n) is 4.62. The van der Waals surface area contributed by atoms with E-state index < -0.39 is 0 Å². The van der Waals surface area contributed by atoms with E-state index in [1.165, 1.54) is 0 Å². The van der Waals surface area contributed by atoms with Gasteiger partial charge < -0.3 is 10.1 Å². The van der Waals surface area contributed by atoms with Crippen LogP contribution < -0.4 is 10.1 Å². The van der Waals surface area contributed by atoms with Gasteiger partial charge in [-0.25, -0.2) is 0 Å². The van der Waals surface area contributed by atoms with Crippen LogP contribution in [-0.2, 0) is 4.79 Å². The van der Waals surface area contributed by atoms with Crippen molar-refractivity contribution in [3.63, 3.8) is 0 Å². The van der Waals surface area contributed by atoms with Crippen LogP contribution in [0, 0.1) is 0 Å². The van der Waals surface area contributed by atoms with Gasteiger partial charge in [-0.15, -0.1) is 11.8 Å². The first-order valence-electron chi connectivity index (χ1n) is 5.92. The molecule has 0 aromatic heterocycles. The zero-order chi connectivity index (χ0) is 11.9. The molecule has 17 heavy (non-hydrogen) atoms. The molecule has 4 heteroatoms. The van der Waals surface area contributed by atoms with Gasteiger partial charge in [0.15, 0.2) is 0 Å². The number of carbonyl (C=O) groups excluding carboxylic acids is 1. The van der Waals surface area contributed by atoms with Crippen LogP contribution in [0.1, 0.15) is 25.7 Å². The lowest BCUT2D eigenvalue weighted by Crippen LogP contribution is -2.40. The number of rotatable bonds is 1. The van der Waals surface area contributed by atoms with E-state index in [2.05, 4.69) is 5.32 Å². The SMILES string of the molecule is COc1ccc2c(c1)SC1(CCCC1)C(=O)N2. The molecule has 1 aliphatic carbocycles. The monoisotopic (exact) mass is 249 g/mol. The van der Waals surface area contributed by atoms with Crippen molar-refractivity contribution < 1.29 is 9.53 Å². The molecule has 0 saturated heterocycles. The minimum atomic E-state index is -0.223. The summed E-state index contributed by atoms with van der Waals surface area (Å²) in [4.78, 5) is 13.3. The van der Waals surface area contributed by atoms with E-state index in [0.29, 0.717) is 0 Å². The van der Waals surface area contributed by atoms with Gasteiger partial charge in [0.25, 0.3) is 0 Å². The van der Waals surface area contributed by atoms with E-state index in [1.54, 1.807) is 18.9 Å². The van der Waals surface area contributed by atoms with Crippen molar-refractivity contribution in [2.45, 2.75) is 35.3 Å². The maximum atomic E-state index is 12.2. The van der Waals surface area contributed by atoms with Crippen molar-refractivity contribution in [2.24, 2.45) is 0 Å². The Morgan fingerprint density at radius 3 is 2.82 bits per heavy atom. The van der Waals surface area contributed by atoms with E-state index in [-0.39, 0.29) is 10.7 Å². The van der Waals surface area contributed by atoms with E-state index >= 15 is 0 Å². The van der Waals surface area contributed by atoms with Gasteiger partial charge in [0.1, 0.15) is 5.75 Å². The average molecular weight is 249 g/mol. The van der Waals surface area contributed by atoms with E-state index in [9.17, 15) is 4.79 Å². The predicted octanol–water partition coefficient (Wildman–Crippen LogP) is 3.05. The molecule has 1 aliphatic heterocycles. The summed E-state index contributed by atoms with van der Waals surface area (Å²) in [7, 11) is 1.67. The van der Waals surface area contributed by atoms with Gasteiger partial charge in [0.05, 0.1) is 17.5 Å². The highest BCUT2D eigenvalue weighted by Gasteiger charge is 2.45. The van der Waals surface area contributed by atoms with Crippen LogP contribution in [0.4, 0.5) is 5.69 Å². The molecule has 1 aromatic carbocycles. The second-order valence-corrected chi connectivity index (χ2v) is 6.05.